The summed E-state index contributed by atoms with van der Waals surface area (Å²) in [6.07, 6.45) is 3.57. The van der Waals surface area contributed by atoms with Crippen molar-refractivity contribution in [3.63, 3.8) is 0 Å². The summed E-state index contributed by atoms with van der Waals surface area (Å²) in [6, 6.07) is 6.00. The topological polar surface area (TPSA) is 56.6 Å². The maximum atomic E-state index is 12.7. The molecule has 4 rings (SSSR count). The Hall–Kier alpha value is -3.02. The average Bonchev–Trinajstić information content (AvgIpc) is 2.68. The van der Waals surface area contributed by atoms with Gasteiger partial charge in [-0.1, -0.05) is 6.92 Å². The molecule has 0 N–H and O–H groups in total. The van der Waals surface area contributed by atoms with Gasteiger partial charge in [0.05, 0.1) is 19.6 Å². The number of fused-ring (bicyclic) bond motifs is 1. The molecule has 0 radical (unpaired) electrons. The van der Waals surface area contributed by atoms with Gasteiger partial charge < -0.3 is 18.9 Å². The molecule has 0 amide bonds. The monoisotopic (exact) mass is 379 g/mol. The van der Waals surface area contributed by atoms with Gasteiger partial charge in [0.15, 0.2) is 0 Å². The summed E-state index contributed by atoms with van der Waals surface area (Å²) in [4.78, 5) is 19.5. The number of aryl methyl sites for hydroxylation is 1. The molecule has 146 valence electrons. The van der Waals surface area contributed by atoms with Crippen LogP contribution in [0.3, 0.4) is 0 Å². The molecular formula is C22H25N3O3. The van der Waals surface area contributed by atoms with Crippen LogP contribution < -0.4 is 19.9 Å². The second-order valence-corrected chi connectivity index (χ2v) is 7.56. The van der Waals surface area contributed by atoms with E-state index in [9.17, 15) is 4.79 Å². The fraction of sp³-hybridized carbons (Fsp3) is 0.364. The first-order chi connectivity index (χ1) is 13.4. The first kappa shape index (κ1) is 18.3. The first-order valence-corrected chi connectivity index (χ1v) is 9.40. The van der Waals surface area contributed by atoms with Gasteiger partial charge in [0.2, 0.25) is 0 Å². The fourth-order valence-electron chi connectivity index (χ4n) is 3.88. The van der Waals surface area contributed by atoms with Crippen molar-refractivity contribution in [3.8, 4) is 22.6 Å². The Bertz CT molecular complexity index is 1090. The maximum Gasteiger partial charge on any atom is 0.259 e. The Morgan fingerprint density at radius 1 is 1.07 bits per heavy atom. The number of hydrogen-bond donors (Lipinski definition) is 0. The molecule has 1 aliphatic heterocycles. The van der Waals surface area contributed by atoms with Gasteiger partial charge >= 0.3 is 0 Å². The van der Waals surface area contributed by atoms with Crippen LogP contribution in [-0.4, -0.2) is 36.9 Å². The van der Waals surface area contributed by atoms with E-state index >= 15 is 0 Å². The SMILES string of the molecule is COc1cc(-c2cn(C)c(=O)c3cnc(N4CC(C)C4)cc23)cc(OC)c1C. The first-order valence-electron chi connectivity index (χ1n) is 9.40. The molecule has 0 unspecified atom stereocenters. The van der Waals surface area contributed by atoms with E-state index in [4.69, 9.17) is 9.47 Å². The van der Waals surface area contributed by atoms with Gasteiger partial charge in [-0.2, -0.15) is 0 Å². The quantitative estimate of drug-likeness (QED) is 0.696. The second kappa shape index (κ2) is 6.86. The Morgan fingerprint density at radius 2 is 1.71 bits per heavy atom. The van der Waals surface area contributed by atoms with Crippen molar-refractivity contribution in [2.75, 3.05) is 32.2 Å². The average molecular weight is 379 g/mol. The molecule has 28 heavy (non-hydrogen) atoms. The number of anilines is 1. The predicted molar refractivity (Wildman–Crippen MR) is 112 cm³/mol. The van der Waals surface area contributed by atoms with E-state index in [1.165, 1.54) is 0 Å². The van der Waals surface area contributed by atoms with Gasteiger partial charge in [0.25, 0.3) is 5.56 Å². The molecule has 6 heteroatoms. The van der Waals surface area contributed by atoms with Crippen molar-refractivity contribution in [2.24, 2.45) is 13.0 Å². The smallest absolute Gasteiger partial charge is 0.259 e. The van der Waals surface area contributed by atoms with Crippen LogP contribution >= 0.6 is 0 Å². The molecule has 0 bridgehead atoms. The molecule has 0 spiro atoms. The van der Waals surface area contributed by atoms with Crippen LogP contribution in [0.5, 0.6) is 11.5 Å². The lowest BCUT2D eigenvalue weighted by Gasteiger charge is -2.38. The summed E-state index contributed by atoms with van der Waals surface area (Å²) in [6.45, 7) is 6.17. The predicted octanol–water partition coefficient (Wildman–Crippen LogP) is 3.38. The third-order valence-corrected chi connectivity index (χ3v) is 5.50. The highest BCUT2D eigenvalue weighted by atomic mass is 16.5. The van der Waals surface area contributed by atoms with Crippen molar-refractivity contribution >= 4 is 16.6 Å². The van der Waals surface area contributed by atoms with Crippen molar-refractivity contribution in [1.29, 1.82) is 0 Å². The van der Waals surface area contributed by atoms with E-state index in [1.54, 1.807) is 32.0 Å². The highest BCUT2D eigenvalue weighted by Gasteiger charge is 2.24. The molecule has 1 aromatic carbocycles. The van der Waals surface area contributed by atoms with Gasteiger partial charge in [-0.05, 0) is 36.6 Å². The number of methoxy groups -OCH3 is 2. The Balaban J connectivity index is 1.97. The van der Waals surface area contributed by atoms with Crippen LogP contribution in [0, 0.1) is 12.8 Å². The molecule has 0 atom stereocenters. The van der Waals surface area contributed by atoms with Crippen LogP contribution in [0.2, 0.25) is 0 Å². The normalized spacial score (nSPS) is 14.2. The van der Waals surface area contributed by atoms with Crippen LogP contribution in [0.25, 0.3) is 21.9 Å². The minimum atomic E-state index is -0.0548. The van der Waals surface area contributed by atoms with E-state index in [0.717, 1.165) is 52.5 Å². The number of pyridine rings is 2. The Labute approximate surface area is 164 Å². The van der Waals surface area contributed by atoms with Crippen LogP contribution in [0.1, 0.15) is 12.5 Å². The number of hydrogen-bond acceptors (Lipinski definition) is 5. The van der Waals surface area contributed by atoms with Gasteiger partial charge in [-0.25, -0.2) is 4.98 Å². The van der Waals surface area contributed by atoms with E-state index in [1.807, 2.05) is 31.3 Å². The van der Waals surface area contributed by atoms with Crippen LogP contribution in [0.15, 0.2) is 35.4 Å². The van der Waals surface area contributed by atoms with Crippen molar-refractivity contribution in [2.45, 2.75) is 13.8 Å². The molecular weight excluding hydrogens is 354 g/mol. The molecule has 1 saturated heterocycles. The Morgan fingerprint density at radius 3 is 2.29 bits per heavy atom. The molecule has 3 heterocycles. The van der Waals surface area contributed by atoms with E-state index in [0.29, 0.717) is 11.3 Å². The third kappa shape index (κ3) is 2.89. The van der Waals surface area contributed by atoms with Crippen molar-refractivity contribution in [1.82, 2.24) is 9.55 Å². The summed E-state index contributed by atoms with van der Waals surface area (Å²) in [7, 11) is 5.06. The molecule has 6 nitrogen and oxygen atoms in total. The summed E-state index contributed by atoms with van der Waals surface area (Å²) in [5.74, 6) is 3.08. The molecule has 1 aliphatic rings. The number of nitrogens with zero attached hydrogens (tertiary/aromatic N) is 3. The van der Waals surface area contributed by atoms with E-state index < -0.39 is 0 Å². The van der Waals surface area contributed by atoms with Gasteiger partial charge in [-0.3, -0.25) is 4.79 Å². The highest BCUT2D eigenvalue weighted by Crippen LogP contribution is 2.37. The molecule has 1 fully saturated rings. The fourth-order valence-corrected chi connectivity index (χ4v) is 3.88. The van der Waals surface area contributed by atoms with Crippen LogP contribution in [-0.2, 0) is 7.05 Å². The van der Waals surface area contributed by atoms with Crippen molar-refractivity contribution in [3.05, 3.63) is 46.5 Å². The highest BCUT2D eigenvalue weighted by molar-refractivity contribution is 5.97. The van der Waals surface area contributed by atoms with E-state index in [-0.39, 0.29) is 5.56 Å². The zero-order chi connectivity index (χ0) is 20.0. The zero-order valence-electron chi connectivity index (χ0n) is 16.9. The van der Waals surface area contributed by atoms with E-state index in [2.05, 4.69) is 16.8 Å². The number of rotatable bonds is 4. The van der Waals surface area contributed by atoms with Gasteiger partial charge in [0.1, 0.15) is 17.3 Å². The number of benzene rings is 1. The standard InChI is InChI=1S/C22H25N3O3/c1-13-10-25(11-13)21-8-16-17(9-23-21)22(26)24(3)12-18(16)15-6-19(27-4)14(2)20(7-15)28-5/h6-9,12-13H,10-11H2,1-5H3. The molecule has 3 aromatic rings. The summed E-state index contributed by atoms with van der Waals surface area (Å²) in [5, 5.41) is 1.50. The lowest BCUT2D eigenvalue weighted by molar-refractivity contribution is 0.389. The second-order valence-electron chi connectivity index (χ2n) is 7.56. The summed E-state index contributed by atoms with van der Waals surface area (Å²) in [5.41, 5.74) is 2.78. The molecule has 0 aliphatic carbocycles. The molecule has 0 saturated carbocycles. The minimum absolute atomic E-state index is 0.0548. The third-order valence-electron chi connectivity index (χ3n) is 5.50. The lowest BCUT2D eigenvalue weighted by atomic mass is 9.98. The van der Waals surface area contributed by atoms with Gasteiger partial charge in [0, 0.05) is 49.0 Å². The minimum Gasteiger partial charge on any atom is -0.496 e. The van der Waals surface area contributed by atoms with Crippen molar-refractivity contribution < 1.29 is 9.47 Å². The maximum absolute atomic E-state index is 12.7. The Kier molecular flexibility index (Phi) is 4.49. The lowest BCUT2D eigenvalue weighted by Crippen LogP contribution is -2.45. The summed E-state index contributed by atoms with van der Waals surface area (Å²) >= 11 is 0. The molecule has 2 aromatic heterocycles. The summed E-state index contributed by atoms with van der Waals surface area (Å²) < 4.78 is 12.7. The largest absolute Gasteiger partial charge is 0.496 e. The van der Waals surface area contributed by atoms with Gasteiger partial charge in [-0.15, -0.1) is 0 Å². The zero-order valence-corrected chi connectivity index (χ0v) is 16.9. The number of ether oxygens (including phenoxy) is 2. The number of aromatic nitrogens is 2. The van der Waals surface area contributed by atoms with Crippen LogP contribution in [0.4, 0.5) is 5.82 Å².